The fourth-order valence-electron chi connectivity index (χ4n) is 1.80. The van der Waals surface area contributed by atoms with Crippen molar-refractivity contribution < 1.29 is 18.7 Å². The third-order valence-electron chi connectivity index (χ3n) is 2.74. The summed E-state index contributed by atoms with van der Waals surface area (Å²) in [4.78, 5) is 12.0. The van der Waals surface area contributed by atoms with Crippen molar-refractivity contribution in [2.24, 2.45) is 0 Å². The predicted molar refractivity (Wildman–Crippen MR) is 72.5 cm³/mol. The highest BCUT2D eigenvalue weighted by molar-refractivity contribution is 6.07. The lowest BCUT2D eigenvalue weighted by Crippen LogP contribution is -2.12. The highest BCUT2D eigenvalue weighted by Crippen LogP contribution is 2.20. The zero-order chi connectivity index (χ0) is 13.5. The molecule has 102 valence electrons. The van der Waals surface area contributed by atoms with E-state index in [1.54, 1.807) is 0 Å². The molecule has 0 radical (unpaired) electrons. The first-order valence-electron chi connectivity index (χ1n) is 6.48. The van der Waals surface area contributed by atoms with Gasteiger partial charge in [0, 0.05) is 12.0 Å². The zero-order valence-corrected chi connectivity index (χ0v) is 11.1. The highest BCUT2D eigenvalue weighted by Gasteiger charge is 2.13. The quantitative estimate of drug-likeness (QED) is 0.542. The summed E-state index contributed by atoms with van der Waals surface area (Å²) in [5.41, 5.74) is 1.29. The second-order valence-corrected chi connectivity index (χ2v) is 4.23. The molecule has 0 spiro atoms. The molecule has 0 aliphatic carbocycles. The molecule has 0 aliphatic rings. The van der Waals surface area contributed by atoms with Crippen LogP contribution in [0.1, 0.15) is 23.7 Å². The normalized spacial score (nSPS) is 11.0. The van der Waals surface area contributed by atoms with E-state index in [9.17, 15) is 4.79 Å². The van der Waals surface area contributed by atoms with Gasteiger partial charge in [-0.15, -0.1) is 0 Å². The Kier molecular flexibility index (Phi) is 5.12. The number of rotatable bonds is 8. The summed E-state index contributed by atoms with van der Waals surface area (Å²) in [5.74, 6) is -0.0690. The molecule has 1 aromatic heterocycles. The van der Waals surface area contributed by atoms with Crippen LogP contribution in [-0.2, 0) is 9.47 Å². The number of ketones is 1. The smallest absolute Gasteiger partial charge is 0.192 e. The largest absolute Gasteiger partial charge is 0.464 e. The monoisotopic (exact) mass is 262 g/mol. The van der Waals surface area contributed by atoms with Gasteiger partial charge in [-0.2, -0.15) is 0 Å². The fraction of sp³-hybridized carbons (Fsp3) is 0.400. The molecule has 1 heterocycles. The summed E-state index contributed by atoms with van der Waals surface area (Å²) in [7, 11) is 0. The number of hydrogen-bond donors (Lipinski definition) is 0. The number of carbonyl (C=O) groups excluding carboxylic acids is 1. The highest BCUT2D eigenvalue weighted by atomic mass is 16.5. The minimum Gasteiger partial charge on any atom is -0.464 e. The maximum atomic E-state index is 12.0. The Hall–Kier alpha value is -1.65. The van der Waals surface area contributed by atoms with Crippen LogP contribution in [0, 0.1) is 0 Å². The standard InChI is InChI=1S/C15H18O4/c1-2-7-17-8-9-18-11-14(16)13-10-19-15-6-4-3-5-12(13)15/h3-6,10H,2,7-9,11H2,1H3. The molecule has 0 fully saturated rings. The number of benzene rings is 1. The molecule has 0 amide bonds. The van der Waals surface area contributed by atoms with E-state index in [-0.39, 0.29) is 12.4 Å². The Morgan fingerprint density at radius 1 is 1.16 bits per heavy atom. The lowest BCUT2D eigenvalue weighted by Gasteiger charge is -2.03. The molecule has 4 nitrogen and oxygen atoms in total. The van der Waals surface area contributed by atoms with Crippen molar-refractivity contribution in [1.82, 2.24) is 0 Å². The van der Waals surface area contributed by atoms with Gasteiger partial charge in [-0.25, -0.2) is 0 Å². The van der Waals surface area contributed by atoms with Crippen molar-refractivity contribution in [2.75, 3.05) is 26.4 Å². The Labute approximate surface area is 112 Å². The third-order valence-corrected chi connectivity index (χ3v) is 2.74. The van der Waals surface area contributed by atoms with Crippen LogP contribution in [0.2, 0.25) is 0 Å². The molecule has 0 saturated heterocycles. The van der Waals surface area contributed by atoms with E-state index >= 15 is 0 Å². The number of para-hydroxylation sites is 1. The van der Waals surface area contributed by atoms with Crippen LogP contribution < -0.4 is 0 Å². The average molecular weight is 262 g/mol. The first kappa shape index (κ1) is 13.8. The molecule has 4 heteroatoms. The molecule has 0 aliphatic heterocycles. The van der Waals surface area contributed by atoms with E-state index < -0.39 is 0 Å². The second kappa shape index (κ2) is 7.07. The van der Waals surface area contributed by atoms with Crippen LogP contribution >= 0.6 is 0 Å². The van der Waals surface area contributed by atoms with Gasteiger partial charge in [-0.3, -0.25) is 4.79 Å². The summed E-state index contributed by atoms with van der Waals surface area (Å²) in [6.45, 7) is 3.78. The van der Waals surface area contributed by atoms with Gasteiger partial charge in [-0.1, -0.05) is 25.1 Å². The third kappa shape index (κ3) is 3.66. The summed E-state index contributed by atoms with van der Waals surface area (Å²) in [6, 6.07) is 7.47. The minimum atomic E-state index is -0.0690. The van der Waals surface area contributed by atoms with Crippen molar-refractivity contribution in [3.05, 3.63) is 36.1 Å². The molecule has 0 saturated carbocycles. The number of ether oxygens (including phenoxy) is 2. The summed E-state index contributed by atoms with van der Waals surface area (Å²) >= 11 is 0. The predicted octanol–water partition coefficient (Wildman–Crippen LogP) is 3.06. The average Bonchev–Trinajstić information content (AvgIpc) is 2.86. The van der Waals surface area contributed by atoms with E-state index in [4.69, 9.17) is 13.9 Å². The van der Waals surface area contributed by atoms with Crippen LogP contribution in [0.3, 0.4) is 0 Å². The summed E-state index contributed by atoms with van der Waals surface area (Å²) in [6.07, 6.45) is 2.48. The number of fused-ring (bicyclic) bond motifs is 1. The van der Waals surface area contributed by atoms with Gasteiger partial charge < -0.3 is 13.9 Å². The van der Waals surface area contributed by atoms with E-state index in [0.29, 0.717) is 18.8 Å². The van der Waals surface area contributed by atoms with E-state index in [1.165, 1.54) is 6.26 Å². The maximum absolute atomic E-state index is 12.0. The van der Waals surface area contributed by atoms with Crippen LogP contribution in [0.15, 0.2) is 34.9 Å². The topological polar surface area (TPSA) is 48.7 Å². The van der Waals surface area contributed by atoms with E-state index in [0.717, 1.165) is 24.0 Å². The first-order valence-corrected chi connectivity index (χ1v) is 6.48. The maximum Gasteiger partial charge on any atom is 0.192 e. The van der Waals surface area contributed by atoms with Crippen molar-refractivity contribution in [1.29, 1.82) is 0 Å². The molecule has 19 heavy (non-hydrogen) atoms. The van der Waals surface area contributed by atoms with Crippen LogP contribution in [0.25, 0.3) is 11.0 Å². The van der Waals surface area contributed by atoms with Crippen molar-refractivity contribution in [3.8, 4) is 0 Å². The zero-order valence-electron chi connectivity index (χ0n) is 11.1. The molecule has 0 N–H and O–H groups in total. The van der Waals surface area contributed by atoms with Crippen LogP contribution in [0.5, 0.6) is 0 Å². The van der Waals surface area contributed by atoms with Crippen LogP contribution in [0.4, 0.5) is 0 Å². The molecule has 1 aromatic carbocycles. The van der Waals surface area contributed by atoms with Gasteiger partial charge in [-0.05, 0) is 12.5 Å². The van der Waals surface area contributed by atoms with Gasteiger partial charge in [0.2, 0.25) is 0 Å². The Morgan fingerprint density at radius 2 is 1.95 bits per heavy atom. The Bertz CT molecular complexity index is 530. The molecular weight excluding hydrogens is 244 g/mol. The van der Waals surface area contributed by atoms with Crippen molar-refractivity contribution in [2.45, 2.75) is 13.3 Å². The number of Topliss-reactive ketones (excluding diaryl/α,β-unsaturated/α-hetero) is 1. The van der Waals surface area contributed by atoms with Crippen molar-refractivity contribution in [3.63, 3.8) is 0 Å². The van der Waals surface area contributed by atoms with Gasteiger partial charge in [0.05, 0.1) is 18.8 Å². The lowest BCUT2D eigenvalue weighted by molar-refractivity contribution is 0.0442. The number of carbonyl (C=O) groups is 1. The number of hydrogen-bond acceptors (Lipinski definition) is 4. The molecule has 0 atom stereocenters. The Morgan fingerprint density at radius 3 is 2.79 bits per heavy atom. The summed E-state index contributed by atoms with van der Waals surface area (Å²) in [5, 5.41) is 0.832. The van der Waals surface area contributed by atoms with Gasteiger partial charge in [0.25, 0.3) is 0 Å². The molecule has 2 aromatic rings. The Balaban J connectivity index is 1.83. The molecule has 0 unspecified atom stereocenters. The summed E-state index contributed by atoms with van der Waals surface area (Å²) < 4.78 is 15.9. The van der Waals surface area contributed by atoms with Crippen molar-refractivity contribution >= 4 is 16.8 Å². The van der Waals surface area contributed by atoms with Crippen LogP contribution in [-0.4, -0.2) is 32.2 Å². The lowest BCUT2D eigenvalue weighted by atomic mass is 10.1. The second-order valence-electron chi connectivity index (χ2n) is 4.23. The number of furan rings is 1. The van der Waals surface area contributed by atoms with E-state index in [2.05, 4.69) is 0 Å². The van der Waals surface area contributed by atoms with Gasteiger partial charge in [0.15, 0.2) is 5.78 Å². The van der Waals surface area contributed by atoms with Gasteiger partial charge >= 0.3 is 0 Å². The minimum absolute atomic E-state index is 0.0546. The first-order chi connectivity index (χ1) is 9.33. The SMILES string of the molecule is CCCOCCOCC(=O)c1coc2ccccc12. The van der Waals surface area contributed by atoms with Gasteiger partial charge in [0.1, 0.15) is 18.5 Å². The molecule has 0 bridgehead atoms. The molecule has 2 rings (SSSR count). The fourth-order valence-corrected chi connectivity index (χ4v) is 1.80. The van der Waals surface area contributed by atoms with E-state index in [1.807, 2.05) is 31.2 Å². The molecular formula is C15H18O4.